The molecule has 136 valence electrons. The number of nitrogens with one attached hydrogen (secondary N) is 1. The molecule has 4 aromatic rings. The van der Waals surface area contributed by atoms with Crippen LogP contribution in [0.2, 0.25) is 0 Å². The van der Waals surface area contributed by atoms with Gasteiger partial charge in [-0.2, -0.15) is 0 Å². The molecule has 0 aliphatic heterocycles. The molecule has 2 aromatic carbocycles. The predicted octanol–water partition coefficient (Wildman–Crippen LogP) is 4.32. The van der Waals surface area contributed by atoms with Crippen LogP contribution >= 0.6 is 0 Å². The molecule has 2 heterocycles. The van der Waals surface area contributed by atoms with E-state index in [0.29, 0.717) is 17.2 Å². The van der Waals surface area contributed by atoms with Gasteiger partial charge in [0.25, 0.3) is 0 Å². The van der Waals surface area contributed by atoms with Crippen LogP contribution in [-0.4, -0.2) is 36.3 Å². The molecule has 6 heteroatoms. The SMILES string of the molecule is COc1cc(-c2cnc3[nH]cc(-c4ccccc4)c3n2)cc(OC)c1OC. The number of methoxy groups -OCH3 is 3. The van der Waals surface area contributed by atoms with Gasteiger partial charge in [0.1, 0.15) is 5.52 Å². The molecule has 0 atom stereocenters. The van der Waals surface area contributed by atoms with Crippen molar-refractivity contribution < 1.29 is 14.2 Å². The van der Waals surface area contributed by atoms with E-state index in [9.17, 15) is 0 Å². The number of rotatable bonds is 5. The highest BCUT2D eigenvalue weighted by Gasteiger charge is 2.16. The second-order valence-corrected chi connectivity index (χ2v) is 5.93. The molecule has 27 heavy (non-hydrogen) atoms. The Labute approximate surface area is 156 Å². The topological polar surface area (TPSA) is 69.3 Å². The third-order valence-corrected chi connectivity index (χ3v) is 4.43. The molecular formula is C21H19N3O3. The molecule has 0 aliphatic carbocycles. The van der Waals surface area contributed by atoms with Gasteiger partial charge in [-0.25, -0.2) is 9.97 Å². The molecule has 0 spiro atoms. The minimum Gasteiger partial charge on any atom is -0.493 e. The maximum absolute atomic E-state index is 5.45. The predicted molar refractivity (Wildman–Crippen MR) is 104 cm³/mol. The minimum atomic E-state index is 0.546. The highest BCUT2D eigenvalue weighted by molar-refractivity contribution is 5.91. The van der Waals surface area contributed by atoms with Crippen LogP contribution in [0.1, 0.15) is 0 Å². The molecule has 0 saturated carbocycles. The molecule has 6 nitrogen and oxygen atoms in total. The van der Waals surface area contributed by atoms with Gasteiger partial charge in [-0.3, -0.25) is 0 Å². The first-order chi connectivity index (χ1) is 13.2. The number of H-pyrrole nitrogens is 1. The number of aromatic nitrogens is 3. The maximum Gasteiger partial charge on any atom is 0.203 e. The third kappa shape index (κ3) is 2.95. The monoisotopic (exact) mass is 361 g/mol. The average molecular weight is 361 g/mol. The van der Waals surface area contributed by atoms with Gasteiger partial charge in [0.05, 0.1) is 33.2 Å². The van der Waals surface area contributed by atoms with Gasteiger partial charge in [0.2, 0.25) is 5.75 Å². The fourth-order valence-electron chi connectivity index (χ4n) is 3.10. The second-order valence-electron chi connectivity index (χ2n) is 5.93. The molecule has 0 aliphatic rings. The summed E-state index contributed by atoms with van der Waals surface area (Å²) in [5.74, 6) is 1.70. The lowest BCUT2D eigenvalue weighted by molar-refractivity contribution is 0.324. The van der Waals surface area contributed by atoms with Gasteiger partial charge in [0.15, 0.2) is 17.1 Å². The van der Waals surface area contributed by atoms with E-state index >= 15 is 0 Å². The Bertz CT molecular complexity index is 1070. The van der Waals surface area contributed by atoms with Gasteiger partial charge < -0.3 is 19.2 Å². The summed E-state index contributed by atoms with van der Waals surface area (Å²) >= 11 is 0. The van der Waals surface area contributed by atoms with E-state index in [2.05, 4.69) is 22.1 Å². The van der Waals surface area contributed by atoms with Crippen molar-refractivity contribution in [3.63, 3.8) is 0 Å². The molecule has 0 bridgehead atoms. The number of aromatic amines is 1. The van der Waals surface area contributed by atoms with Crippen LogP contribution in [0, 0.1) is 0 Å². The van der Waals surface area contributed by atoms with Crippen LogP contribution in [0.3, 0.4) is 0 Å². The van der Waals surface area contributed by atoms with Crippen molar-refractivity contribution in [2.75, 3.05) is 21.3 Å². The van der Waals surface area contributed by atoms with Gasteiger partial charge in [-0.1, -0.05) is 30.3 Å². The van der Waals surface area contributed by atoms with Crippen LogP contribution in [0.25, 0.3) is 33.5 Å². The number of benzene rings is 2. The van der Waals surface area contributed by atoms with E-state index < -0.39 is 0 Å². The summed E-state index contributed by atoms with van der Waals surface area (Å²) in [6.45, 7) is 0. The number of hydrogen-bond donors (Lipinski definition) is 1. The summed E-state index contributed by atoms with van der Waals surface area (Å²) in [7, 11) is 4.77. The van der Waals surface area contributed by atoms with Crippen LogP contribution in [0.5, 0.6) is 17.2 Å². The zero-order chi connectivity index (χ0) is 18.8. The van der Waals surface area contributed by atoms with Crippen LogP contribution in [-0.2, 0) is 0 Å². The van der Waals surface area contributed by atoms with E-state index in [1.165, 1.54) is 0 Å². The van der Waals surface area contributed by atoms with Crippen molar-refractivity contribution in [3.05, 3.63) is 54.9 Å². The first-order valence-electron chi connectivity index (χ1n) is 8.45. The fraction of sp³-hybridized carbons (Fsp3) is 0.143. The Hall–Kier alpha value is -3.54. The van der Waals surface area contributed by atoms with Crippen LogP contribution in [0.15, 0.2) is 54.9 Å². The van der Waals surface area contributed by atoms with Gasteiger partial charge in [-0.15, -0.1) is 0 Å². The molecule has 0 amide bonds. The molecule has 2 aromatic heterocycles. The number of ether oxygens (including phenoxy) is 3. The lowest BCUT2D eigenvalue weighted by atomic mass is 10.1. The number of nitrogens with zero attached hydrogens (tertiary/aromatic N) is 2. The summed E-state index contributed by atoms with van der Waals surface area (Å²) in [6, 6.07) is 13.8. The Morgan fingerprint density at radius 2 is 1.56 bits per heavy atom. The van der Waals surface area contributed by atoms with E-state index in [1.807, 2.05) is 36.5 Å². The molecule has 4 rings (SSSR count). The Kier molecular flexibility index (Phi) is 4.38. The van der Waals surface area contributed by atoms with Crippen molar-refractivity contribution in [3.8, 4) is 39.6 Å². The molecule has 0 fully saturated rings. The second kappa shape index (κ2) is 6.99. The lowest BCUT2D eigenvalue weighted by Gasteiger charge is -2.14. The summed E-state index contributed by atoms with van der Waals surface area (Å²) in [5.41, 5.74) is 5.20. The third-order valence-electron chi connectivity index (χ3n) is 4.43. The largest absolute Gasteiger partial charge is 0.493 e. The van der Waals surface area contributed by atoms with Gasteiger partial charge in [-0.05, 0) is 17.7 Å². The van der Waals surface area contributed by atoms with Crippen LogP contribution < -0.4 is 14.2 Å². The molecule has 0 saturated heterocycles. The first kappa shape index (κ1) is 16.9. The maximum atomic E-state index is 5.45. The number of fused-ring (bicyclic) bond motifs is 1. The standard InChI is InChI=1S/C21H19N3O3/c1-25-17-9-14(10-18(26-2)20(17)27-3)16-12-23-21-19(24-16)15(11-22-21)13-7-5-4-6-8-13/h4-12H,1-3H3,(H,22,23). The van der Waals surface area contributed by atoms with E-state index in [0.717, 1.165) is 33.5 Å². The summed E-state index contributed by atoms with van der Waals surface area (Å²) in [5, 5.41) is 0. The normalized spacial score (nSPS) is 10.8. The molecule has 0 unspecified atom stereocenters. The average Bonchev–Trinajstić information content (AvgIpc) is 3.16. The minimum absolute atomic E-state index is 0.546. The summed E-state index contributed by atoms with van der Waals surface area (Å²) < 4.78 is 16.3. The zero-order valence-electron chi connectivity index (χ0n) is 15.3. The summed E-state index contributed by atoms with van der Waals surface area (Å²) in [4.78, 5) is 12.6. The molecular weight excluding hydrogens is 342 g/mol. The lowest BCUT2D eigenvalue weighted by Crippen LogP contribution is -1.96. The Balaban J connectivity index is 1.88. The van der Waals surface area contributed by atoms with E-state index in [-0.39, 0.29) is 0 Å². The van der Waals surface area contributed by atoms with Crippen molar-refractivity contribution >= 4 is 11.2 Å². The van der Waals surface area contributed by atoms with Crippen molar-refractivity contribution in [1.82, 2.24) is 15.0 Å². The smallest absolute Gasteiger partial charge is 0.203 e. The quantitative estimate of drug-likeness (QED) is 0.573. The van der Waals surface area contributed by atoms with Gasteiger partial charge in [0, 0.05) is 17.3 Å². The van der Waals surface area contributed by atoms with Crippen molar-refractivity contribution in [2.45, 2.75) is 0 Å². The Morgan fingerprint density at radius 3 is 2.19 bits per heavy atom. The fourth-order valence-corrected chi connectivity index (χ4v) is 3.10. The van der Waals surface area contributed by atoms with E-state index in [1.54, 1.807) is 27.5 Å². The highest BCUT2D eigenvalue weighted by Crippen LogP contribution is 2.41. The Morgan fingerprint density at radius 1 is 0.852 bits per heavy atom. The first-order valence-corrected chi connectivity index (χ1v) is 8.45. The summed E-state index contributed by atoms with van der Waals surface area (Å²) in [6.07, 6.45) is 3.66. The highest BCUT2D eigenvalue weighted by atomic mass is 16.5. The van der Waals surface area contributed by atoms with Gasteiger partial charge >= 0.3 is 0 Å². The molecule has 1 N–H and O–H groups in total. The van der Waals surface area contributed by atoms with Crippen molar-refractivity contribution in [2.24, 2.45) is 0 Å². The van der Waals surface area contributed by atoms with Crippen molar-refractivity contribution in [1.29, 1.82) is 0 Å². The van der Waals surface area contributed by atoms with Crippen LogP contribution in [0.4, 0.5) is 0 Å². The zero-order valence-corrected chi connectivity index (χ0v) is 15.3. The van der Waals surface area contributed by atoms with E-state index in [4.69, 9.17) is 19.2 Å². The number of hydrogen-bond acceptors (Lipinski definition) is 5. The molecule has 0 radical (unpaired) electrons.